The lowest BCUT2D eigenvalue weighted by Gasteiger charge is -2.13. The van der Waals surface area contributed by atoms with Gasteiger partial charge in [-0.3, -0.25) is 4.57 Å². The summed E-state index contributed by atoms with van der Waals surface area (Å²) in [4.78, 5) is 20.5. The van der Waals surface area contributed by atoms with E-state index in [1.807, 2.05) is 36.5 Å². The highest BCUT2D eigenvalue weighted by Gasteiger charge is 2.18. The van der Waals surface area contributed by atoms with Gasteiger partial charge in [-0.15, -0.1) is 0 Å². The molecule has 0 aliphatic heterocycles. The maximum Gasteiger partial charge on any atom is 0.160 e. The van der Waals surface area contributed by atoms with Crippen LogP contribution >= 0.6 is 0 Å². The molecule has 0 saturated heterocycles. The van der Waals surface area contributed by atoms with Gasteiger partial charge in [0.15, 0.2) is 5.82 Å². The highest BCUT2D eigenvalue weighted by molar-refractivity contribution is 6.10. The molecule has 0 radical (unpaired) electrons. The lowest BCUT2D eigenvalue weighted by atomic mass is 9.99. The first-order valence-electron chi connectivity index (χ1n) is 15.0. The Balaban J connectivity index is 1.33. The number of pyridine rings is 2. The van der Waals surface area contributed by atoms with Crippen LogP contribution in [0, 0.1) is 0 Å². The fourth-order valence-electron chi connectivity index (χ4n) is 6.33. The summed E-state index contributed by atoms with van der Waals surface area (Å²) in [5.41, 5.74) is 8.76. The van der Waals surface area contributed by atoms with Crippen LogP contribution in [-0.2, 0) is 0 Å². The molecule has 9 rings (SSSR count). The summed E-state index contributed by atoms with van der Waals surface area (Å²) < 4.78 is 2.15. The first-order chi connectivity index (χ1) is 22.3. The number of hydrogen-bond donors (Lipinski definition) is 0. The van der Waals surface area contributed by atoms with Crippen molar-refractivity contribution < 1.29 is 0 Å². The summed E-state index contributed by atoms with van der Waals surface area (Å²) in [7, 11) is 0. The van der Waals surface area contributed by atoms with Gasteiger partial charge in [0.25, 0.3) is 0 Å². The van der Waals surface area contributed by atoms with Crippen molar-refractivity contribution in [3.63, 3.8) is 0 Å². The summed E-state index contributed by atoms with van der Waals surface area (Å²) in [5.74, 6) is 1.47. The Bertz CT molecular complexity index is 2480. The number of para-hydroxylation sites is 1. The van der Waals surface area contributed by atoms with Crippen LogP contribution in [0.5, 0.6) is 0 Å². The van der Waals surface area contributed by atoms with Gasteiger partial charge in [0.05, 0.1) is 16.7 Å². The molecule has 45 heavy (non-hydrogen) atoms. The third kappa shape index (κ3) is 4.17. The summed E-state index contributed by atoms with van der Waals surface area (Å²) >= 11 is 0. The van der Waals surface area contributed by atoms with E-state index in [2.05, 4.69) is 120 Å². The van der Waals surface area contributed by atoms with Crippen molar-refractivity contribution in [3.8, 4) is 39.6 Å². The van der Waals surface area contributed by atoms with Gasteiger partial charge in [-0.25, -0.2) is 19.9 Å². The lowest BCUT2D eigenvalue weighted by Crippen LogP contribution is -2.01. The molecule has 4 aromatic heterocycles. The molecule has 0 aliphatic carbocycles. The minimum Gasteiger partial charge on any atom is -0.278 e. The molecule has 5 aromatic carbocycles. The number of hydrogen-bond acceptors (Lipinski definition) is 4. The summed E-state index contributed by atoms with van der Waals surface area (Å²) in [6.45, 7) is 0. The van der Waals surface area contributed by atoms with Crippen LogP contribution < -0.4 is 0 Å². The molecule has 0 unspecified atom stereocenters. The molecular formula is C40H25N5. The van der Waals surface area contributed by atoms with Crippen molar-refractivity contribution in [2.75, 3.05) is 0 Å². The number of rotatable bonds is 4. The van der Waals surface area contributed by atoms with Crippen LogP contribution in [0.25, 0.3) is 83.3 Å². The molecule has 5 heteroatoms. The van der Waals surface area contributed by atoms with Gasteiger partial charge in [0.1, 0.15) is 17.0 Å². The first kappa shape index (κ1) is 25.3. The second-order valence-corrected chi connectivity index (χ2v) is 11.1. The smallest absolute Gasteiger partial charge is 0.160 e. The largest absolute Gasteiger partial charge is 0.278 e. The number of nitrogens with zero attached hydrogens (tertiary/aromatic N) is 5. The van der Waals surface area contributed by atoms with Crippen molar-refractivity contribution in [3.05, 3.63) is 152 Å². The summed E-state index contributed by atoms with van der Waals surface area (Å²) in [5, 5.41) is 4.22. The van der Waals surface area contributed by atoms with E-state index in [4.69, 9.17) is 19.9 Å². The quantitative estimate of drug-likeness (QED) is 0.196. The average Bonchev–Trinajstić information content (AvgIpc) is 3.46. The van der Waals surface area contributed by atoms with Crippen molar-refractivity contribution in [1.29, 1.82) is 0 Å². The van der Waals surface area contributed by atoms with Crippen LogP contribution in [-0.4, -0.2) is 24.5 Å². The monoisotopic (exact) mass is 575 g/mol. The zero-order valence-corrected chi connectivity index (χ0v) is 24.2. The molecule has 0 aliphatic rings. The Kier molecular flexibility index (Phi) is 5.74. The normalized spacial score (nSPS) is 11.6. The van der Waals surface area contributed by atoms with E-state index in [0.29, 0.717) is 5.82 Å². The van der Waals surface area contributed by atoms with Crippen LogP contribution in [0.15, 0.2) is 152 Å². The van der Waals surface area contributed by atoms with Crippen LogP contribution in [0.3, 0.4) is 0 Å². The minimum atomic E-state index is 0.668. The predicted octanol–water partition coefficient (Wildman–Crippen LogP) is 9.67. The van der Waals surface area contributed by atoms with Gasteiger partial charge >= 0.3 is 0 Å². The van der Waals surface area contributed by atoms with Crippen molar-refractivity contribution >= 4 is 43.7 Å². The lowest BCUT2D eigenvalue weighted by molar-refractivity contribution is 1.07. The number of fused-ring (bicyclic) bond motifs is 6. The zero-order valence-electron chi connectivity index (χ0n) is 24.2. The van der Waals surface area contributed by atoms with Gasteiger partial charge in [-0.05, 0) is 53.6 Å². The second kappa shape index (κ2) is 10.2. The standard InChI is InChI=1S/C40H25N5/c1-3-11-26(12-4-1)29-15-9-16-30(25-29)36-33-22-20-27-21-23-35(42-37(27)38(33)44-39(43-36)28-13-5-2-6-14-28)45-34-19-8-7-17-31(34)32-18-10-24-41-40(32)45/h1-25H. The Morgan fingerprint density at radius 1 is 0.444 bits per heavy atom. The van der Waals surface area contributed by atoms with Gasteiger partial charge in [-0.1, -0.05) is 103 Å². The van der Waals surface area contributed by atoms with E-state index in [0.717, 1.165) is 77.5 Å². The van der Waals surface area contributed by atoms with Gasteiger partial charge in [-0.2, -0.15) is 0 Å². The number of benzene rings is 5. The van der Waals surface area contributed by atoms with E-state index >= 15 is 0 Å². The number of aromatic nitrogens is 5. The minimum absolute atomic E-state index is 0.668. The molecule has 4 heterocycles. The molecule has 0 bridgehead atoms. The first-order valence-corrected chi connectivity index (χ1v) is 15.0. The average molecular weight is 576 g/mol. The molecule has 0 amide bonds. The van der Waals surface area contributed by atoms with E-state index in [9.17, 15) is 0 Å². The molecule has 0 N–H and O–H groups in total. The second-order valence-electron chi connectivity index (χ2n) is 11.1. The summed E-state index contributed by atoms with van der Waals surface area (Å²) in [6.07, 6.45) is 1.84. The third-order valence-corrected chi connectivity index (χ3v) is 8.45. The Labute approximate surface area is 259 Å². The maximum atomic E-state index is 5.31. The van der Waals surface area contributed by atoms with Crippen molar-refractivity contribution in [2.45, 2.75) is 0 Å². The zero-order chi connectivity index (χ0) is 29.7. The Morgan fingerprint density at radius 2 is 1.16 bits per heavy atom. The maximum absolute atomic E-state index is 5.31. The topological polar surface area (TPSA) is 56.5 Å². The highest BCUT2D eigenvalue weighted by atomic mass is 15.1. The van der Waals surface area contributed by atoms with Crippen LogP contribution in [0.1, 0.15) is 0 Å². The molecule has 210 valence electrons. The fraction of sp³-hybridized carbons (Fsp3) is 0. The summed E-state index contributed by atoms with van der Waals surface area (Å²) in [6, 6.07) is 50.1. The Morgan fingerprint density at radius 3 is 2.02 bits per heavy atom. The SMILES string of the molecule is c1ccc(-c2cccc(-c3nc(-c4ccccc4)nc4c3ccc3ccc(-n5c6ccccc6c6cccnc65)nc34)c2)cc1. The Hall–Kier alpha value is -6.20. The predicted molar refractivity (Wildman–Crippen MR) is 183 cm³/mol. The van der Waals surface area contributed by atoms with Crippen LogP contribution in [0.4, 0.5) is 0 Å². The molecule has 9 aromatic rings. The van der Waals surface area contributed by atoms with Gasteiger partial charge < -0.3 is 0 Å². The van der Waals surface area contributed by atoms with Crippen molar-refractivity contribution in [2.24, 2.45) is 0 Å². The molecule has 5 nitrogen and oxygen atoms in total. The van der Waals surface area contributed by atoms with E-state index < -0.39 is 0 Å². The molecular weight excluding hydrogens is 550 g/mol. The fourth-order valence-corrected chi connectivity index (χ4v) is 6.33. The molecule has 0 fully saturated rings. The molecule has 0 saturated carbocycles. The molecule has 0 atom stereocenters. The van der Waals surface area contributed by atoms with E-state index in [-0.39, 0.29) is 0 Å². The van der Waals surface area contributed by atoms with Crippen LogP contribution in [0.2, 0.25) is 0 Å². The van der Waals surface area contributed by atoms with E-state index in [1.165, 1.54) is 0 Å². The van der Waals surface area contributed by atoms with E-state index in [1.54, 1.807) is 0 Å². The van der Waals surface area contributed by atoms with Gasteiger partial charge in [0.2, 0.25) is 0 Å². The molecule has 0 spiro atoms. The highest BCUT2D eigenvalue weighted by Crippen LogP contribution is 2.36. The van der Waals surface area contributed by atoms with Gasteiger partial charge in [0, 0.05) is 38.9 Å². The van der Waals surface area contributed by atoms with Crippen molar-refractivity contribution in [1.82, 2.24) is 24.5 Å². The third-order valence-electron chi connectivity index (χ3n) is 8.45.